The van der Waals surface area contributed by atoms with Crippen molar-refractivity contribution in [2.45, 2.75) is 38.6 Å². The fourth-order valence-corrected chi connectivity index (χ4v) is 1.89. The van der Waals surface area contributed by atoms with Gasteiger partial charge < -0.3 is 15.2 Å². The van der Waals surface area contributed by atoms with E-state index in [2.05, 4.69) is 15.8 Å². The van der Waals surface area contributed by atoms with Gasteiger partial charge in [0.05, 0.1) is 0 Å². The SMILES string of the molecule is CC(C)c1cc(C(=O)NC2CCNCC2)no1. The average molecular weight is 237 g/mol. The molecule has 1 aliphatic heterocycles. The van der Waals surface area contributed by atoms with Gasteiger partial charge in [-0.1, -0.05) is 19.0 Å². The molecule has 5 heteroatoms. The Morgan fingerprint density at radius 2 is 2.24 bits per heavy atom. The van der Waals surface area contributed by atoms with Crippen molar-refractivity contribution in [3.8, 4) is 0 Å². The topological polar surface area (TPSA) is 67.2 Å². The minimum absolute atomic E-state index is 0.132. The Kier molecular flexibility index (Phi) is 3.78. The molecule has 1 amide bonds. The van der Waals surface area contributed by atoms with Gasteiger partial charge in [-0.2, -0.15) is 0 Å². The van der Waals surface area contributed by atoms with Crippen LogP contribution in [0.3, 0.4) is 0 Å². The molecule has 0 aromatic carbocycles. The average Bonchev–Trinajstić information content (AvgIpc) is 2.79. The lowest BCUT2D eigenvalue weighted by Gasteiger charge is -2.23. The molecule has 1 aromatic rings. The summed E-state index contributed by atoms with van der Waals surface area (Å²) in [5, 5.41) is 10.0. The van der Waals surface area contributed by atoms with Gasteiger partial charge in [0.1, 0.15) is 5.76 Å². The first kappa shape index (κ1) is 12.1. The second-order valence-electron chi connectivity index (χ2n) is 4.77. The molecule has 1 aromatic heterocycles. The quantitative estimate of drug-likeness (QED) is 0.831. The van der Waals surface area contributed by atoms with Crippen LogP contribution in [-0.2, 0) is 0 Å². The van der Waals surface area contributed by atoms with E-state index in [1.165, 1.54) is 0 Å². The van der Waals surface area contributed by atoms with Gasteiger partial charge in [-0.05, 0) is 25.9 Å². The van der Waals surface area contributed by atoms with E-state index in [9.17, 15) is 4.79 Å². The molecule has 0 unspecified atom stereocenters. The summed E-state index contributed by atoms with van der Waals surface area (Å²) in [5.41, 5.74) is 0.382. The van der Waals surface area contributed by atoms with Gasteiger partial charge in [-0.3, -0.25) is 4.79 Å². The van der Waals surface area contributed by atoms with Crippen molar-refractivity contribution < 1.29 is 9.32 Å². The van der Waals surface area contributed by atoms with Crippen LogP contribution in [0.2, 0.25) is 0 Å². The minimum atomic E-state index is -0.132. The van der Waals surface area contributed by atoms with Gasteiger partial charge in [0.15, 0.2) is 5.69 Å². The molecule has 1 saturated heterocycles. The number of carbonyl (C=O) groups excluding carboxylic acids is 1. The van der Waals surface area contributed by atoms with Gasteiger partial charge >= 0.3 is 0 Å². The second-order valence-corrected chi connectivity index (χ2v) is 4.77. The third kappa shape index (κ3) is 3.06. The summed E-state index contributed by atoms with van der Waals surface area (Å²) in [5.74, 6) is 0.871. The lowest BCUT2D eigenvalue weighted by molar-refractivity contribution is 0.0920. The van der Waals surface area contributed by atoms with Crippen molar-refractivity contribution in [3.63, 3.8) is 0 Å². The first-order valence-corrected chi connectivity index (χ1v) is 6.15. The van der Waals surface area contributed by atoms with Gasteiger partial charge in [0, 0.05) is 18.0 Å². The highest BCUT2D eigenvalue weighted by Crippen LogP contribution is 2.15. The molecular formula is C12H19N3O2. The van der Waals surface area contributed by atoms with Crippen molar-refractivity contribution in [2.24, 2.45) is 0 Å². The summed E-state index contributed by atoms with van der Waals surface area (Å²) in [6.45, 7) is 5.94. The summed E-state index contributed by atoms with van der Waals surface area (Å²) in [7, 11) is 0. The largest absolute Gasteiger partial charge is 0.360 e. The zero-order chi connectivity index (χ0) is 12.3. The Bertz CT molecular complexity index is 381. The molecule has 2 N–H and O–H groups in total. The van der Waals surface area contributed by atoms with Crippen LogP contribution in [0.25, 0.3) is 0 Å². The molecule has 5 nitrogen and oxygen atoms in total. The van der Waals surface area contributed by atoms with Crippen LogP contribution in [0.4, 0.5) is 0 Å². The number of amides is 1. The Hall–Kier alpha value is -1.36. The monoisotopic (exact) mass is 237 g/mol. The maximum Gasteiger partial charge on any atom is 0.273 e. The zero-order valence-corrected chi connectivity index (χ0v) is 10.3. The highest BCUT2D eigenvalue weighted by Gasteiger charge is 2.19. The molecule has 94 valence electrons. The molecule has 0 radical (unpaired) electrons. The van der Waals surface area contributed by atoms with E-state index in [1.54, 1.807) is 6.07 Å². The number of hydrogen-bond donors (Lipinski definition) is 2. The highest BCUT2D eigenvalue weighted by atomic mass is 16.5. The molecule has 1 fully saturated rings. The van der Waals surface area contributed by atoms with Crippen LogP contribution in [0.15, 0.2) is 10.6 Å². The molecule has 0 spiro atoms. The molecule has 1 aliphatic rings. The van der Waals surface area contributed by atoms with Crippen molar-refractivity contribution in [2.75, 3.05) is 13.1 Å². The van der Waals surface area contributed by atoms with Crippen LogP contribution >= 0.6 is 0 Å². The normalized spacial score (nSPS) is 17.4. The Morgan fingerprint density at radius 3 is 2.82 bits per heavy atom. The molecule has 2 rings (SSSR count). The van der Waals surface area contributed by atoms with Crippen LogP contribution in [0.5, 0.6) is 0 Å². The Morgan fingerprint density at radius 1 is 1.53 bits per heavy atom. The zero-order valence-electron chi connectivity index (χ0n) is 10.3. The fourth-order valence-electron chi connectivity index (χ4n) is 1.89. The summed E-state index contributed by atoms with van der Waals surface area (Å²) in [4.78, 5) is 11.9. The number of piperidine rings is 1. The van der Waals surface area contributed by atoms with E-state index < -0.39 is 0 Å². The number of aromatic nitrogens is 1. The van der Waals surface area contributed by atoms with E-state index in [1.807, 2.05) is 13.8 Å². The standard InChI is InChI=1S/C12H19N3O2/c1-8(2)11-7-10(15-17-11)12(16)14-9-3-5-13-6-4-9/h7-9,13H,3-6H2,1-2H3,(H,14,16). The van der Waals surface area contributed by atoms with Crippen LogP contribution in [0, 0.1) is 0 Å². The molecule has 2 heterocycles. The van der Waals surface area contributed by atoms with Gasteiger partial charge in [0.25, 0.3) is 5.91 Å². The molecule has 0 atom stereocenters. The predicted molar refractivity (Wildman–Crippen MR) is 63.9 cm³/mol. The maximum absolute atomic E-state index is 11.9. The number of nitrogens with one attached hydrogen (secondary N) is 2. The van der Waals surface area contributed by atoms with Crippen molar-refractivity contribution in [1.82, 2.24) is 15.8 Å². The molecule has 0 saturated carbocycles. The van der Waals surface area contributed by atoms with E-state index >= 15 is 0 Å². The van der Waals surface area contributed by atoms with E-state index in [-0.39, 0.29) is 17.9 Å². The van der Waals surface area contributed by atoms with Crippen LogP contribution < -0.4 is 10.6 Å². The minimum Gasteiger partial charge on any atom is -0.360 e. The molecule has 0 aliphatic carbocycles. The van der Waals surface area contributed by atoms with Crippen LogP contribution in [0.1, 0.15) is 48.9 Å². The summed E-state index contributed by atoms with van der Waals surface area (Å²) >= 11 is 0. The summed E-state index contributed by atoms with van der Waals surface area (Å²) in [6, 6.07) is 1.98. The third-order valence-electron chi connectivity index (χ3n) is 3.00. The van der Waals surface area contributed by atoms with Crippen molar-refractivity contribution >= 4 is 5.91 Å². The Labute approximate surface area is 101 Å². The maximum atomic E-state index is 11.9. The number of nitrogens with zero attached hydrogens (tertiary/aromatic N) is 1. The van der Waals surface area contributed by atoms with Gasteiger partial charge in [-0.15, -0.1) is 0 Å². The molecule has 17 heavy (non-hydrogen) atoms. The first-order chi connectivity index (χ1) is 8.16. The number of rotatable bonds is 3. The van der Waals surface area contributed by atoms with E-state index in [4.69, 9.17) is 4.52 Å². The highest BCUT2D eigenvalue weighted by molar-refractivity contribution is 5.92. The van der Waals surface area contributed by atoms with Gasteiger partial charge in [-0.25, -0.2) is 0 Å². The van der Waals surface area contributed by atoms with Crippen molar-refractivity contribution in [1.29, 1.82) is 0 Å². The molecule has 0 bridgehead atoms. The lowest BCUT2D eigenvalue weighted by Crippen LogP contribution is -2.42. The Balaban J connectivity index is 1.94. The van der Waals surface area contributed by atoms with Crippen LogP contribution in [-0.4, -0.2) is 30.2 Å². The second kappa shape index (κ2) is 5.31. The van der Waals surface area contributed by atoms with E-state index in [0.29, 0.717) is 5.69 Å². The first-order valence-electron chi connectivity index (χ1n) is 6.15. The predicted octanol–water partition coefficient (Wildman–Crippen LogP) is 1.28. The number of hydrogen-bond acceptors (Lipinski definition) is 4. The van der Waals surface area contributed by atoms with Crippen molar-refractivity contribution in [3.05, 3.63) is 17.5 Å². The summed E-state index contributed by atoms with van der Waals surface area (Å²) < 4.78 is 5.11. The molecular weight excluding hydrogens is 218 g/mol. The van der Waals surface area contributed by atoms with Gasteiger partial charge in [0.2, 0.25) is 0 Å². The fraction of sp³-hybridized carbons (Fsp3) is 0.667. The smallest absolute Gasteiger partial charge is 0.273 e. The third-order valence-corrected chi connectivity index (χ3v) is 3.00. The lowest BCUT2D eigenvalue weighted by atomic mass is 10.1. The summed E-state index contributed by atoms with van der Waals surface area (Å²) in [6.07, 6.45) is 1.95. The van der Waals surface area contributed by atoms with E-state index in [0.717, 1.165) is 31.7 Å². The number of carbonyl (C=O) groups is 1.